The van der Waals surface area contributed by atoms with Gasteiger partial charge in [0.2, 0.25) is 0 Å². The molecule has 0 radical (unpaired) electrons. The van der Waals surface area contributed by atoms with Gasteiger partial charge in [-0.3, -0.25) is 0 Å². The van der Waals surface area contributed by atoms with Crippen LogP contribution in [0.2, 0.25) is 0 Å². The third-order valence-electron chi connectivity index (χ3n) is 6.72. The molecule has 0 amide bonds. The topological polar surface area (TPSA) is 0 Å². The largest absolute Gasteiger partial charge is 1.00 e. The van der Waals surface area contributed by atoms with Gasteiger partial charge in [-0.05, 0) is 19.8 Å². The van der Waals surface area contributed by atoms with Crippen LogP contribution >= 0.6 is 0 Å². The highest BCUT2D eigenvalue weighted by molar-refractivity contribution is 5.13. The number of benzene rings is 1. The van der Waals surface area contributed by atoms with E-state index in [4.69, 9.17) is 0 Å². The number of halogens is 1. The number of nitrogens with zero attached hydrogens (tertiary/aromatic N) is 1. The van der Waals surface area contributed by atoms with Gasteiger partial charge in [-0.15, -0.1) is 0 Å². The van der Waals surface area contributed by atoms with Gasteiger partial charge in [0.15, 0.2) is 0 Å². The highest BCUT2D eigenvalue weighted by atomic mass is 35.5. The maximum absolute atomic E-state index is 2.43. The molecule has 0 aliphatic heterocycles. The molecule has 1 aromatic carbocycles. The van der Waals surface area contributed by atoms with Crippen LogP contribution in [-0.4, -0.2) is 24.6 Å². The zero-order valence-corrected chi connectivity index (χ0v) is 21.4. The summed E-state index contributed by atoms with van der Waals surface area (Å²) in [6.07, 6.45) is 23.2. The number of hydrogen-bond acceptors (Lipinski definition) is 0. The van der Waals surface area contributed by atoms with E-state index < -0.39 is 0 Å². The van der Waals surface area contributed by atoms with Crippen LogP contribution in [0.5, 0.6) is 0 Å². The van der Waals surface area contributed by atoms with Crippen LogP contribution in [0.1, 0.15) is 122 Å². The maximum Gasteiger partial charge on any atom is 0.104 e. The number of rotatable bonds is 20. The molecule has 30 heavy (non-hydrogen) atoms. The lowest BCUT2D eigenvalue weighted by molar-refractivity contribution is -0.921. The lowest BCUT2D eigenvalue weighted by Gasteiger charge is -2.33. The standard InChI is InChI=1S/C28H52N.ClH/c1-4-6-7-8-9-10-11-12-13-14-15-16-17-18-19-23-26-29(3,5-2)27-28-24-21-20-22-25-28;/h20-22,24-25H,4-19,23,26-27H2,1-3H3;1H/q+1;/p-1. The SMILES string of the molecule is CCCCCCCCCCCCCCCCCC[N+](C)(CC)Cc1ccccc1.[Cl-]. The van der Waals surface area contributed by atoms with Gasteiger partial charge in [0.1, 0.15) is 6.54 Å². The Morgan fingerprint density at radius 2 is 0.967 bits per heavy atom. The van der Waals surface area contributed by atoms with Crippen LogP contribution in [-0.2, 0) is 6.54 Å². The van der Waals surface area contributed by atoms with Gasteiger partial charge in [0.25, 0.3) is 0 Å². The molecule has 0 aromatic heterocycles. The molecule has 0 fully saturated rings. The van der Waals surface area contributed by atoms with Crippen molar-refractivity contribution in [3.8, 4) is 0 Å². The molecule has 0 N–H and O–H groups in total. The van der Waals surface area contributed by atoms with Crippen LogP contribution in [0.15, 0.2) is 30.3 Å². The van der Waals surface area contributed by atoms with Crippen LogP contribution in [0, 0.1) is 0 Å². The van der Waals surface area contributed by atoms with Gasteiger partial charge in [-0.1, -0.05) is 127 Å². The van der Waals surface area contributed by atoms with E-state index in [1.165, 1.54) is 132 Å². The highest BCUT2D eigenvalue weighted by Crippen LogP contribution is 2.16. The van der Waals surface area contributed by atoms with Crippen molar-refractivity contribution in [1.82, 2.24) is 0 Å². The van der Waals surface area contributed by atoms with E-state index in [2.05, 4.69) is 51.2 Å². The van der Waals surface area contributed by atoms with Gasteiger partial charge in [-0.25, -0.2) is 0 Å². The number of unbranched alkanes of at least 4 members (excludes halogenated alkanes) is 15. The molecule has 0 saturated carbocycles. The predicted molar refractivity (Wildman–Crippen MR) is 131 cm³/mol. The van der Waals surface area contributed by atoms with Crippen molar-refractivity contribution < 1.29 is 16.9 Å². The third kappa shape index (κ3) is 16.2. The molecule has 1 rings (SSSR count). The lowest BCUT2D eigenvalue weighted by atomic mass is 10.0. The van der Waals surface area contributed by atoms with Gasteiger partial charge < -0.3 is 16.9 Å². The van der Waals surface area contributed by atoms with E-state index in [9.17, 15) is 0 Å². The minimum Gasteiger partial charge on any atom is -1.00 e. The third-order valence-corrected chi connectivity index (χ3v) is 6.72. The smallest absolute Gasteiger partial charge is 0.104 e. The van der Waals surface area contributed by atoms with Gasteiger partial charge >= 0.3 is 0 Å². The summed E-state index contributed by atoms with van der Waals surface area (Å²) >= 11 is 0. The quantitative estimate of drug-likeness (QED) is 0.175. The lowest BCUT2D eigenvalue weighted by Crippen LogP contribution is -3.00. The molecular formula is C28H52ClN. The van der Waals surface area contributed by atoms with Crippen LogP contribution in [0.25, 0.3) is 0 Å². The van der Waals surface area contributed by atoms with Crippen LogP contribution in [0.4, 0.5) is 0 Å². The van der Waals surface area contributed by atoms with E-state index in [0.717, 1.165) is 0 Å². The van der Waals surface area contributed by atoms with E-state index in [0.29, 0.717) is 0 Å². The number of hydrogen-bond donors (Lipinski definition) is 0. The fourth-order valence-corrected chi connectivity index (χ4v) is 4.41. The monoisotopic (exact) mass is 437 g/mol. The Kier molecular flexibility index (Phi) is 20.0. The van der Waals surface area contributed by atoms with Crippen molar-refractivity contribution in [2.75, 3.05) is 20.1 Å². The Hall–Kier alpha value is -0.530. The Labute approximate surface area is 196 Å². The second kappa shape index (κ2) is 20.4. The maximum atomic E-state index is 2.43. The fraction of sp³-hybridized carbons (Fsp3) is 0.786. The van der Waals surface area contributed by atoms with E-state index in [1.807, 2.05) is 0 Å². The van der Waals surface area contributed by atoms with Gasteiger partial charge in [-0.2, -0.15) is 0 Å². The molecule has 1 aromatic rings. The molecule has 0 spiro atoms. The van der Waals surface area contributed by atoms with Crippen molar-refractivity contribution in [3.05, 3.63) is 35.9 Å². The molecule has 0 bridgehead atoms. The van der Waals surface area contributed by atoms with Crippen molar-refractivity contribution in [1.29, 1.82) is 0 Å². The summed E-state index contributed by atoms with van der Waals surface area (Å²) in [5.41, 5.74) is 1.48. The summed E-state index contributed by atoms with van der Waals surface area (Å²) in [4.78, 5) is 0. The first kappa shape index (κ1) is 29.5. The van der Waals surface area contributed by atoms with Crippen molar-refractivity contribution in [3.63, 3.8) is 0 Å². The first-order chi connectivity index (χ1) is 14.2. The summed E-state index contributed by atoms with van der Waals surface area (Å²) < 4.78 is 1.18. The Bertz CT molecular complexity index is 461. The Balaban J connectivity index is 0.00000841. The van der Waals surface area contributed by atoms with Crippen LogP contribution in [0.3, 0.4) is 0 Å². The van der Waals surface area contributed by atoms with E-state index >= 15 is 0 Å². The minimum atomic E-state index is 0. The van der Waals surface area contributed by atoms with Crippen molar-refractivity contribution >= 4 is 0 Å². The van der Waals surface area contributed by atoms with Gasteiger partial charge in [0, 0.05) is 5.56 Å². The summed E-state index contributed by atoms with van der Waals surface area (Å²) in [5, 5.41) is 0. The molecule has 1 nitrogen and oxygen atoms in total. The zero-order chi connectivity index (χ0) is 21.0. The predicted octanol–water partition coefficient (Wildman–Crippen LogP) is 5.92. The molecule has 0 heterocycles. The Morgan fingerprint density at radius 1 is 0.567 bits per heavy atom. The fourth-order valence-electron chi connectivity index (χ4n) is 4.41. The summed E-state index contributed by atoms with van der Waals surface area (Å²) in [7, 11) is 2.43. The molecule has 0 saturated heterocycles. The molecular weight excluding hydrogens is 386 g/mol. The molecule has 1 atom stereocenters. The molecule has 1 unspecified atom stereocenters. The number of quaternary nitrogens is 1. The van der Waals surface area contributed by atoms with E-state index in [-0.39, 0.29) is 12.4 Å². The normalized spacial score (nSPS) is 13.0. The summed E-state index contributed by atoms with van der Waals surface area (Å²) in [6, 6.07) is 11.0. The average Bonchev–Trinajstić information content (AvgIpc) is 2.74. The van der Waals surface area contributed by atoms with Crippen molar-refractivity contribution in [2.45, 2.75) is 123 Å². The summed E-state index contributed by atoms with van der Waals surface area (Å²) in [5.74, 6) is 0. The molecule has 0 aliphatic carbocycles. The van der Waals surface area contributed by atoms with E-state index in [1.54, 1.807) is 0 Å². The van der Waals surface area contributed by atoms with Crippen molar-refractivity contribution in [2.24, 2.45) is 0 Å². The molecule has 0 aliphatic rings. The minimum absolute atomic E-state index is 0. The highest BCUT2D eigenvalue weighted by Gasteiger charge is 2.18. The molecule has 2 heteroatoms. The first-order valence-electron chi connectivity index (χ1n) is 13.1. The molecule has 176 valence electrons. The summed E-state index contributed by atoms with van der Waals surface area (Å²) in [6.45, 7) is 8.37. The first-order valence-corrected chi connectivity index (χ1v) is 13.1. The van der Waals surface area contributed by atoms with Gasteiger partial charge in [0.05, 0.1) is 20.1 Å². The average molecular weight is 438 g/mol. The Morgan fingerprint density at radius 3 is 1.37 bits per heavy atom. The second-order valence-corrected chi connectivity index (χ2v) is 9.61. The second-order valence-electron chi connectivity index (χ2n) is 9.61. The zero-order valence-electron chi connectivity index (χ0n) is 20.6. The van der Waals surface area contributed by atoms with Crippen LogP contribution < -0.4 is 12.4 Å².